The number of hydrogen-bond acceptors (Lipinski definition) is 6. The van der Waals surface area contributed by atoms with Crippen molar-refractivity contribution in [3.63, 3.8) is 0 Å². The van der Waals surface area contributed by atoms with Crippen molar-refractivity contribution in [2.75, 3.05) is 5.75 Å². The van der Waals surface area contributed by atoms with Gasteiger partial charge in [-0.05, 0) is 17.7 Å². The highest BCUT2D eigenvalue weighted by Crippen LogP contribution is 2.26. The Morgan fingerprint density at radius 3 is 2.26 bits per heavy atom. The van der Waals surface area contributed by atoms with Gasteiger partial charge in [0.1, 0.15) is 11.3 Å². The van der Waals surface area contributed by atoms with Gasteiger partial charge in [0, 0.05) is 6.42 Å². The summed E-state index contributed by atoms with van der Waals surface area (Å²) < 4.78 is 30.3. The highest BCUT2D eigenvalue weighted by atomic mass is 32.2. The predicted octanol–water partition coefficient (Wildman–Crippen LogP) is -0.690. The Hall–Kier alpha value is -1.84. The minimum absolute atomic E-state index is 0.198. The average molecular weight is 291 g/mol. The summed E-state index contributed by atoms with van der Waals surface area (Å²) in [4.78, 5) is 11.0. The maximum absolute atomic E-state index is 11.0. The molecule has 0 amide bonds. The molecule has 0 aliphatic carbocycles. The third-order valence-corrected chi connectivity index (χ3v) is 3.31. The molecule has 0 heterocycles. The molecule has 0 aromatic heterocycles. The van der Waals surface area contributed by atoms with E-state index in [-0.39, 0.29) is 5.56 Å². The van der Waals surface area contributed by atoms with E-state index in [9.17, 15) is 18.3 Å². The zero-order valence-electron chi connectivity index (χ0n) is 9.65. The van der Waals surface area contributed by atoms with Crippen molar-refractivity contribution in [2.24, 2.45) is 5.73 Å². The molecular weight excluding hydrogens is 278 g/mol. The van der Waals surface area contributed by atoms with E-state index >= 15 is 0 Å². The standard InChI is InChI=1S/C10H13NO7S/c11-10(9(14)15,5-19(16,17)18)4-6-1-2-7(12)8(13)3-6/h1-3,12-13H,4-5,11H2,(H,14,15)(H,16,17,18). The van der Waals surface area contributed by atoms with Crippen molar-refractivity contribution in [2.45, 2.75) is 12.0 Å². The van der Waals surface area contributed by atoms with Crippen molar-refractivity contribution >= 4 is 16.1 Å². The minimum Gasteiger partial charge on any atom is -0.504 e. The van der Waals surface area contributed by atoms with Crippen molar-refractivity contribution in [1.29, 1.82) is 0 Å². The van der Waals surface area contributed by atoms with Crippen LogP contribution in [0.4, 0.5) is 0 Å². The molecule has 19 heavy (non-hydrogen) atoms. The van der Waals surface area contributed by atoms with Gasteiger partial charge in [0.25, 0.3) is 10.1 Å². The highest BCUT2D eigenvalue weighted by Gasteiger charge is 2.38. The molecule has 106 valence electrons. The molecular formula is C10H13NO7S. The van der Waals surface area contributed by atoms with Crippen LogP contribution >= 0.6 is 0 Å². The fourth-order valence-electron chi connectivity index (χ4n) is 1.56. The molecule has 0 spiro atoms. The van der Waals surface area contributed by atoms with Gasteiger partial charge in [-0.3, -0.25) is 9.35 Å². The molecule has 0 fully saturated rings. The molecule has 0 bridgehead atoms. The Morgan fingerprint density at radius 1 is 1.26 bits per heavy atom. The third-order valence-electron chi connectivity index (χ3n) is 2.43. The molecule has 0 aliphatic rings. The van der Waals surface area contributed by atoms with Gasteiger partial charge in [-0.1, -0.05) is 6.07 Å². The van der Waals surface area contributed by atoms with E-state index in [4.69, 9.17) is 20.5 Å². The summed E-state index contributed by atoms with van der Waals surface area (Å²) in [6.45, 7) is 0. The second kappa shape index (κ2) is 5.03. The lowest BCUT2D eigenvalue weighted by atomic mass is 9.93. The SMILES string of the molecule is NC(Cc1ccc(O)c(O)c1)(CS(=O)(=O)O)C(=O)O. The summed E-state index contributed by atoms with van der Waals surface area (Å²) in [5.41, 5.74) is 3.42. The molecule has 9 heteroatoms. The minimum atomic E-state index is -4.58. The second-order valence-electron chi connectivity index (χ2n) is 4.19. The smallest absolute Gasteiger partial charge is 0.325 e. The summed E-state index contributed by atoms with van der Waals surface area (Å²) in [6.07, 6.45) is -0.448. The molecule has 0 saturated heterocycles. The van der Waals surface area contributed by atoms with Crippen LogP contribution in [0.25, 0.3) is 0 Å². The molecule has 1 atom stereocenters. The van der Waals surface area contributed by atoms with Crippen LogP contribution in [0.3, 0.4) is 0 Å². The molecule has 6 N–H and O–H groups in total. The lowest BCUT2D eigenvalue weighted by Gasteiger charge is -2.23. The van der Waals surface area contributed by atoms with Crippen LogP contribution in [0.5, 0.6) is 11.5 Å². The van der Waals surface area contributed by atoms with Crippen LogP contribution in [-0.2, 0) is 21.3 Å². The average Bonchev–Trinajstić information content (AvgIpc) is 2.20. The van der Waals surface area contributed by atoms with Crippen molar-refractivity contribution < 1.29 is 33.1 Å². The van der Waals surface area contributed by atoms with E-state index in [0.717, 1.165) is 12.1 Å². The van der Waals surface area contributed by atoms with Crippen LogP contribution in [0.1, 0.15) is 5.56 Å². The predicted molar refractivity (Wildman–Crippen MR) is 64.4 cm³/mol. The number of aliphatic carboxylic acids is 1. The van der Waals surface area contributed by atoms with E-state index in [1.165, 1.54) is 6.07 Å². The van der Waals surface area contributed by atoms with E-state index in [2.05, 4.69) is 0 Å². The fraction of sp³-hybridized carbons (Fsp3) is 0.300. The number of carboxylic acids is 1. The third kappa shape index (κ3) is 4.09. The van der Waals surface area contributed by atoms with Crippen molar-refractivity contribution in [3.8, 4) is 11.5 Å². The molecule has 1 aromatic rings. The van der Waals surface area contributed by atoms with Gasteiger partial charge >= 0.3 is 5.97 Å². The number of carbonyl (C=O) groups is 1. The number of aromatic hydroxyl groups is 2. The van der Waals surface area contributed by atoms with Crippen molar-refractivity contribution in [3.05, 3.63) is 23.8 Å². The first-order chi connectivity index (χ1) is 8.53. The Kier molecular flexibility index (Phi) is 4.03. The Labute approximate surface area is 108 Å². The van der Waals surface area contributed by atoms with Crippen LogP contribution in [0.15, 0.2) is 18.2 Å². The first kappa shape index (κ1) is 15.2. The maximum atomic E-state index is 11.0. The van der Waals surface area contributed by atoms with Gasteiger partial charge in [-0.25, -0.2) is 0 Å². The number of nitrogens with two attached hydrogens (primary N) is 1. The quantitative estimate of drug-likeness (QED) is 0.352. The molecule has 1 unspecified atom stereocenters. The lowest BCUT2D eigenvalue weighted by molar-refractivity contribution is -0.142. The number of benzene rings is 1. The normalized spacial score (nSPS) is 14.8. The number of hydrogen-bond donors (Lipinski definition) is 5. The van der Waals surface area contributed by atoms with E-state index in [1.807, 2.05) is 0 Å². The van der Waals surface area contributed by atoms with Crippen LogP contribution in [0.2, 0.25) is 0 Å². The summed E-state index contributed by atoms with van der Waals surface area (Å²) >= 11 is 0. The molecule has 8 nitrogen and oxygen atoms in total. The molecule has 0 saturated carbocycles. The first-order valence-electron chi connectivity index (χ1n) is 5.02. The highest BCUT2D eigenvalue weighted by molar-refractivity contribution is 7.85. The Balaban J connectivity index is 3.08. The summed E-state index contributed by atoms with van der Waals surface area (Å²) in [5, 5.41) is 27.3. The molecule has 1 aromatic carbocycles. The topological polar surface area (TPSA) is 158 Å². The molecule has 1 rings (SSSR count). The number of phenolic OH excluding ortho intramolecular Hbond substituents is 2. The number of phenols is 2. The van der Waals surface area contributed by atoms with Gasteiger partial charge < -0.3 is 21.1 Å². The van der Waals surface area contributed by atoms with E-state index in [1.54, 1.807) is 0 Å². The maximum Gasteiger partial charge on any atom is 0.325 e. The zero-order valence-corrected chi connectivity index (χ0v) is 10.5. The zero-order chi connectivity index (χ0) is 14.8. The van der Waals surface area contributed by atoms with Crippen LogP contribution in [-0.4, -0.2) is 45.6 Å². The summed E-state index contributed by atoms with van der Waals surface area (Å²) in [5.74, 6) is -3.68. The van der Waals surface area contributed by atoms with E-state index < -0.39 is 45.3 Å². The van der Waals surface area contributed by atoms with Gasteiger partial charge in [-0.2, -0.15) is 8.42 Å². The van der Waals surface area contributed by atoms with Crippen LogP contribution in [0, 0.1) is 0 Å². The molecule has 0 aliphatic heterocycles. The van der Waals surface area contributed by atoms with Gasteiger partial charge in [0.2, 0.25) is 0 Å². The van der Waals surface area contributed by atoms with Crippen molar-refractivity contribution in [1.82, 2.24) is 0 Å². The summed E-state index contributed by atoms with van der Waals surface area (Å²) in [7, 11) is -4.58. The lowest BCUT2D eigenvalue weighted by Crippen LogP contribution is -2.55. The second-order valence-corrected chi connectivity index (χ2v) is 5.64. The Morgan fingerprint density at radius 2 is 1.84 bits per heavy atom. The number of rotatable bonds is 5. The van der Waals surface area contributed by atoms with E-state index in [0.29, 0.717) is 0 Å². The Bertz CT molecular complexity index is 598. The van der Waals surface area contributed by atoms with Gasteiger partial charge in [0.15, 0.2) is 11.5 Å². The summed E-state index contributed by atoms with van der Waals surface area (Å²) in [6, 6.07) is 3.45. The monoisotopic (exact) mass is 291 g/mol. The van der Waals surface area contributed by atoms with Crippen LogP contribution < -0.4 is 5.73 Å². The number of carboxylic acid groups (broad SMARTS) is 1. The first-order valence-corrected chi connectivity index (χ1v) is 6.63. The largest absolute Gasteiger partial charge is 0.504 e. The van der Waals surface area contributed by atoms with Gasteiger partial charge in [-0.15, -0.1) is 0 Å². The molecule has 0 radical (unpaired) electrons. The fourth-order valence-corrected chi connectivity index (χ4v) is 2.43. The van der Waals surface area contributed by atoms with Gasteiger partial charge in [0.05, 0.1) is 0 Å².